The van der Waals surface area contributed by atoms with E-state index in [0.29, 0.717) is 24.8 Å². The molecule has 2 unspecified atom stereocenters. The van der Waals surface area contributed by atoms with Gasteiger partial charge in [0.1, 0.15) is 11.9 Å². The number of imidazole rings is 1. The Morgan fingerprint density at radius 3 is 2.95 bits per heavy atom. The Balaban J connectivity index is 1.88. The lowest BCUT2D eigenvalue weighted by Gasteiger charge is -2.34. The molecule has 2 amide bonds. The Morgan fingerprint density at radius 1 is 1.55 bits per heavy atom. The molecule has 6 nitrogen and oxygen atoms in total. The maximum Gasteiger partial charge on any atom is 0.317 e. The van der Waals surface area contributed by atoms with E-state index in [0.717, 1.165) is 25.8 Å². The van der Waals surface area contributed by atoms with Gasteiger partial charge in [-0.15, -0.1) is 0 Å². The van der Waals surface area contributed by atoms with Gasteiger partial charge in [0.2, 0.25) is 0 Å². The van der Waals surface area contributed by atoms with Crippen molar-refractivity contribution in [2.24, 2.45) is 18.9 Å². The minimum Gasteiger partial charge on any atom is -0.385 e. The molecule has 1 aliphatic rings. The number of carbonyl (C=O) groups excluding carboxylic acids is 1. The summed E-state index contributed by atoms with van der Waals surface area (Å²) in [4.78, 5) is 18.3. The molecule has 0 spiro atoms. The molecule has 1 fully saturated rings. The smallest absolute Gasteiger partial charge is 0.317 e. The number of urea groups is 1. The van der Waals surface area contributed by atoms with Crippen molar-refractivity contribution in [3.05, 3.63) is 18.2 Å². The first-order valence-corrected chi connectivity index (χ1v) is 8.17. The van der Waals surface area contributed by atoms with Crippen LogP contribution in [0.1, 0.15) is 45.0 Å². The van der Waals surface area contributed by atoms with E-state index in [2.05, 4.69) is 24.1 Å². The van der Waals surface area contributed by atoms with Gasteiger partial charge in [-0.3, -0.25) is 0 Å². The van der Waals surface area contributed by atoms with E-state index in [1.807, 2.05) is 22.7 Å². The number of aliphatic hydroxyl groups is 1. The fraction of sp³-hybridized carbons (Fsp3) is 0.750. The summed E-state index contributed by atoms with van der Waals surface area (Å²) in [7, 11) is 1.88. The molecule has 0 saturated carbocycles. The highest BCUT2D eigenvalue weighted by Gasteiger charge is 2.30. The number of rotatable bonds is 5. The fourth-order valence-electron chi connectivity index (χ4n) is 2.90. The molecule has 1 aliphatic heterocycles. The summed E-state index contributed by atoms with van der Waals surface area (Å²) >= 11 is 0. The first-order valence-electron chi connectivity index (χ1n) is 8.17. The van der Waals surface area contributed by atoms with Crippen LogP contribution in [0.3, 0.4) is 0 Å². The highest BCUT2D eigenvalue weighted by molar-refractivity contribution is 5.74. The standard InChI is InChI=1S/C16H28N4O2/c1-12(2)6-7-18-16(22)20-9-4-5-13(11-20)14(21)15-17-8-10-19(15)3/h8,10,12-14,21H,4-7,9,11H2,1-3H3,(H,18,22). The number of aromatic nitrogens is 2. The number of likely N-dealkylation sites (tertiary alicyclic amines) is 1. The number of aryl methyl sites for hydroxylation is 1. The van der Waals surface area contributed by atoms with Crippen LogP contribution in [0.5, 0.6) is 0 Å². The Hall–Kier alpha value is -1.56. The molecule has 1 aromatic rings. The van der Waals surface area contributed by atoms with Gasteiger partial charge in [0.15, 0.2) is 0 Å². The third-order valence-electron chi connectivity index (χ3n) is 4.31. The van der Waals surface area contributed by atoms with Crippen LogP contribution in [0.2, 0.25) is 0 Å². The van der Waals surface area contributed by atoms with Gasteiger partial charge in [-0.1, -0.05) is 13.8 Å². The zero-order chi connectivity index (χ0) is 16.1. The van der Waals surface area contributed by atoms with E-state index < -0.39 is 6.10 Å². The number of carbonyl (C=O) groups is 1. The first kappa shape index (κ1) is 16.8. The zero-order valence-corrected chi connectivity index (χ0v) is 13.8. The van der Waals surface area contributed by atoms with E-state index >= 15 is 0 Å². The summed E-state index contributed by atoms with van der Waals surface area (Å²) in [5.74, 6) is 1.30. The minimum atomic E-state index is -0.619. The third kappa shape index (κ3) is 4.22. The zero-order valence-electron chi connectivity index (χ0n) is 13.8. The van der Waals surface area contributed by atoms with Crippen LogP contribution < -0.4 is 5.32 Å². The molecule has 22 heavy (non-hydrogen) atoms. The summed E-state index contributed by atoms with van der Waals surface area (Å²) in [6, 6.07) is -0.0163. The van der Waals surface area contributed by atoms with Gasteiger partial charge in [-0.25, -0.2) is 9.78 Å². The van der Waals surface area contributed by atoms with Gasteiger partial charge in [-0.05, 0) is 25.2 Å². The van der Waals surface area contributed by atoms with E-state index in [1.54, 1.807) is 6.20 Å². The molecule has 124 valence electrons. The van der Waals surface area contributed by atoms with Gasteiger partial charge < -0.3 is 19.9 Å². The van der Waals surface area contributed by atoms with Gasteiger partial charge >= 0.3 is 6.03 Å². The molecule has 2 heterocycles. The number of hydrogen-bond acceptors (Lipinski definition) is 3. The van der Waals surface area contributed by atoms with E-state index in [1.165, 1.54) is 0 Å². The number of piperidine rings is 1. The largest absolute Gasteiger partial charge is 0.385 e. The number of nitrogens with one attached hydrogen (secondary N) is 1. The molecule has 2 atom stereocenters. The second kappa shape index (κ2) is 7.63. The van der Waals surface area contributed by atoms with Crippen molar-refractivity contribution in [2.45, 2.75) is 39.2 Å². The number of nitrogens with zero attached hydrogens (tertiary/aromatic N) is 3. The van der Waals surface area contributed by atoms with Crippen molar-refractivity contribution in [2.75, 3.05) is 19.6 Å². The van der Waals surface area contributed by atoms with Crippen LogP contribution in [0.25, 0.3) is 0 Å². The molecular weight excluding hydrogens is 280 g/mol. The Bertz CT molecular complexity index is 486. The monoisotopic (exact) mass is 308 g/mol. The quantitative estimate of drug-likeness (QED) is 0.873. The lowest BCUT2D eigenvalue weighted by atomic mass is 9.92. The molecule has 1 saturated heterocycles. The lowest BCUT2D eigenvalue weighted by molar-refractivity contribution is 0.0532. The lowest BCUT2D eigenvalue weighted by Crippen LogP contribution is -2.47. The average Bonchev–Trinajstić information content (AvgIpc) is 2.92. The topological polar surface area (TPSA) is 70.4 Å². The van der Waals surface area contributed by atoms with E-state index in [-0.39, 0.29) is 11.9 Å². The predicted molar refractivity (Wildman–Crippen MR) is 85.3 cm³/mol. The highest BCUT2D eigenvalue weighted by Crippen LogP contribution is 2.28. The van der Waals surface area contributed by atoms with Crippen LogP contribution >= 0.6 is 0 Å². The van der Waals surface area contributed by atoms with Crippen LogP contribution in [-0.2, 0) is 7.05 Å². The maximum absolute atomic E-state index is 12.2. The Morgan fingerprint density at radius 2 is 2.32 bits per heavy atom. The molecule has 2 N–H and O–H groups in total. The Kier molecular flexibility index (Phi) is 5.83. The van der Waals surface area contributed by atoms with Crippen LogP contribution in [0.4, 0.5) is 4.79 Å². The van der Waals surface area contributed by atoms with Crippen molar-refractivity contribution in [3.63, 3.8) is 0 Å². The van der Waals surface area contributed by atoms with Gasteiger partial charge in [0.05, 0.1) is 0 Å². The average molecular weight is 308 g/mol. The Labute approximate surface area is 132 Å². The van der Waals surface area contributed by atoms with E-state index in [9.17, 15) is 9.90 Å². The molecular formula is C16H28N4O2. The molecule has 2 rings (SSSR count). The molecule has 1 aromatic heterocycles. The SMILES string of the molecule is CC(C)CCNC(=O)N1CCCC(C(O)c2nccn2C)C1. The van der Waals surface area contributed by atoms with Crippen LogP contribution in [0.15, 0.2) is 12.4 Å². The van der Waals surface area contributed by atoms with Crippen molar-refractivity contribution < 1.29 is 9.90 Å². The van der Waals surface area contributed by atoms with Crippen molar-refractivity contribution in [1.29, 1.82) is 0 Å². The minimum absolute atomic E-state index is 0.0163. The first-order chi connectivity index (χ1) is 10.5. The number of hydrogen-bond donors (Lipinski definition) is 2. The highest BCUT2D eigenvalue weighted by atomic mass is 16.3. The fourth-order valence-corrected chi connectivity index (χ4v) is 2.90. The maximum atomic E-state index is 12.2. The predicted octanol–water partition coefficient (Wildman–Crippen LogP) is 1.92. The number of aliphatic hydroxyl groups excluding tert-OH is 1. The van der Waals surface area contributed by atoms with E-state index in [4.69, 9.17) is 0 Å². The van der Waals surface area contributed by atoms with Gasteiger partial charge in [0, 0.05) is 45.0 Å². The second-order valence-electron chi connectivity index (χ2n) is 6.60. The van der Waals surface area contributed by atoms with Gasteiger partial charge in [-0.2, -0.15) is 0 Å². The summed E-state index contributed by atoms with van der Waals surface area (Å²) < 4.78 is 1.84. The number of amides is 2. The summed E-state index contributed by atoms with van der Waals surface area (Å²) in [5.41, 5.74) is 0. The van der Waals surface area contributed by atoms with Crippen molar-refractivity contribution in [3.8, 4) is 0 Å². The van der Waals surface area contributed by atoms with Crippen molar-refractivity contribution >= 4 is 6.03 Å². The molecule has 0 aromatic carbocycles. The molecule has 6 heteroatoms. The summed E-state index contributed by atoms with van der Waals surface area (Å²) in [6.45, 7) is 6.34. The second-order valence-corrected chi connectivity index (χ2v) is 6.60. The van der Waals surface area contributed by atoms with Crippen LogP contribution in [0, 0.1) is 11.8 Å². The summed E-state index contributed by atoms with van der Waals surface area (Å²) in [5, 5.41) is 13.5. The van der Waals surface area contributed by atoms with Crippen LogP contribution in [-0.4, -0.2) is 45.2 Å². The summed E-state index contributed by atoms with van der Waals surface area (Å²) in [6.07, 6.45) is 5.73. The normalized spacial score (nSPS) is 20.2. The van der Waals surface area contributed by atoms with Gasteiger partial charge in [0.25, 0.3) is 0 Å². The third-order valence-corrected chi connectivity index (χ3v) is 4.31. The molecule has 0 radical (unpaired) electrons. The molecule has 0 bridgehead atoms. The van der Waals surface area contributed by atoms with Crippen molar-refractivity contribution in [1.82, 2.24) is 19.8 Å². The molecule has 0 aliphatic carbocycles.